The SMILES string of the molecule is COc1ccc(CCN2COc3ccc4c(c3C2)O/C(=C\c2ccc(OC)c(OC)c2OC)C4=O)cc1OC. The minimum atomic E-state index is -0.202. The molecule has 9 nitrogen and oxygen atoms in total. The van der Waals surface area contributed by atoms with Gasteiger partial charge in [-0.2, -0.15) is 0 Å². The van der Waals surface area contributed by atoms with Crippen molar-refractivity contribution in [1.82, 2.24) is 4.90 Å². The van der Waals surface area contributed by atoms with Gasteiger partial charge in [0.05, 0.1) is 46.7 Å². The largest absolute Gasteiger partial charge is 0.493 e. The highest BCUT2D eigenvalue weighted by Gasteiger charge is 2.34. The normalized spacial score (nSPS) is 15.2. The molecule has 0 aromatic heterocycles. The zero-order valence-electron chi connectivity index (χ0n) is 22.7. The summed E-state index contributed by atoms with van der Waals surface area (Å²) in [5.41, 5.74) is 3.11. The van der Waals surface area contributed by atoms with E-state index in [-0.39, 0.29) is 11.5 Å². The molecule has 0 fully saturated rings. The lowest BCUT2D eigenvalue weighted by Crippen LogP contribution is -2.33. The molecule has 39 heavy (non-hydrogen) atoms. The second-order valence-corrected chi connectivity index (χ2v) is 9.05. The Balaban J connectivity index is 1.37. The van der Waals surface area contributed by atoms with E-state index < -0.39 is 0 Å². The molecule has 2 heterocycles. The van der Waals surface area contributed by atoms with Gasteiger partial charge in [-0.25, -0.2) is 0 Å². The summed E-state index contributed by atoms with van der Waals surface area (Å²) in [6, 6.07) is 13.1. The van der Waals surface area contributed by atoms with E-state index in [4.69, 9.17) is 33.2 Å². The van der Waals surface area contributed by atoms with Crippen molar-refractivity contribution in [2.75, 3.05) is 48.8 Å². The molecule has 0 spiro atoms. The summed E-state index contributed by atoms with van der Waals surface area (Å²) < 4.78 is 39.4. The number of carbonyl (C=O) groups is 1. The number of carbonyl (C=O) groups excluding carboxylic acids is 1. The molecule has 0 saturated heterocycles. The van der Waals surface area contributed by atoms with Gasteiger partial charge in [-0.05, 0) is 54.5 Å². The van der Waals surface area contributed by atoms with Gasteiger partial charge in [0.25, 0.3) is 0 Å². The summed E-state index contributed by atoms with van der Waals surface area (Å²) in [6.45, 7) is 1.78. The number of benzene rings is 3. The zero-order valence-corrected chi connectivity index (χ0v) is 22.7. The van der Waals surface area contributed by atoms with Crippen LogP contribution in [0.2, 0.25) is 0 Å². The van der Waals surface area contributed by atoms with Gasteiger partial charge in [0.1, 0.15) is 18.2 Å². The molecule has 3 aromatic rings. The predicted octanol–water partition coefficient (Wildman–Crippen LogP) is 4.74. The number of ether oxygens (including phenoxy) is 7. The minimum Gasteiger partial charge on any atom is -0.493 e. The summed E-state index contributed by atoms with van der Waals surface area (Å²) in [6.07, 6.45) is 2.45. The molecule has 0 radical (unpaired) electrons. The Kier molecular flexibility index (Phi) is 7.51. The minimum absolute atomic E-state index is 0.200. The van der Waals surface area contributed by atoms with E-state index in [0.717, 1.165) is 24.1 Å². The van der Waals surface area contributed by atoms with E-state index in [2.05, 4.69) is 4.90 Å². The molecule has 0 N–H and O–H groups in total. The van der Waals surface area contributed by atoms with Crippen molar-refractivity contribution in [1.29, 1.82) is 0 Å². The summed E-state index contributed by atoms with van der Waals surface area (Å²) in [7, 11) is 7.88. The molecule has 0 unspecified atom stereocenters. The highest BCUT2D eigenvalue weighted by molar-refractivity contribution is 6.15. The van der Waals surface area contributed by atoms with Gasteiger partial charge >= 0.3 is 0 Å². The first-order valence-electron chi connectivity index (χ1n) is 12.5. The van der Waals surface area contributed by atoms with Crippen LogP contribution < -0.4 is 33.2 Å². The number of fused-ring (bicyclic) bond motifs is 3. The third-order valence-electron chi connectivity index (χ3n) is 6.87. The third kappa shape index (κ3) is 4.93. The molecule has 5 rings (SSSR count). The first kappa shape index (κ1) is 26.2. The van der Waals surface area contributed by atoms with Crippen LogP contribution in [0.15, 0.2) is 48.2 Å². The lowest BCUT2D eigenvalue weighted by molar-refractivity contribution is 0.0949. The van der Waals surface area contributed by atoms with E-state index in [1.165, 1.54) is 14.2 Å². The topological polar surface area (TPSA) is 84.9 Å². The maximum Gasteiger partial charge on any atom is 0.231 e. The second-order valence-electron chi connectivity index (χ2n) is 9.05. The number of rotatable bonds is 9. The van der Waals surface area contributed by atoms with E-state index >= 15 is 0 Å². The maximum atomic E-state index is 13.3. The van der Waals surface area contributed by atoms with Crippen molar-refractivity contribution in [3.63, 3.8) is 0 Å². The van der Waals surface area contributed by atoms with Gasteiger partial charge in [0.2, 0.25) is 11.5 Å². The Hall–Kier alpha value is -4.37. The van der Waals surface area contributed by atoms with Crippen molar-refractivity contribution >= 4 is 11.9 Å². The summed E-state index contributed by atoms with van der Waals surface area (Å²) in [4.78, 5) is 15.5. The van der Waals surface area contributed by atoms with Gasteiger partial charge < -0.3 is 33.2 Å². The second kappa shape index (κ2) is 11.2. The Morgan fingerprint density at radius 2 is 1.59 bits per heavy atom. The molecular formula is C30H31NO8. The number of allylic oxidation sites excluding steroid dienone is 1. The van der Waals surface area contributed by atoms with Gasteiger partial charge in [-0.1, -0.05) is 6.07 Å². The van der Waals surface area contributed by atoms with Crippen molar-refractivity contribution in [3.05, 3.63) is 70.5 Å². The van der Waals surface area contributed by atoms with Crippen molar-refractivity contribution in [2.24, 2.45) is 0 Å². The number of ketones is 1. The maximum absolute atomic E-state index is 13.3. The number of Topliss-reactive ketones (excluding diaryl/α,β-unsaturated/α-hetero) is 1. The fourth-order valence-corrected chi connectivity index (χ4v) is 4.85. The fraction of sp³-hybridized carbons (Fsp3) is 0.300. The molecule has 2 aliphatic rings. The first-order valence-corrected chi connectivity index (χ1v) is 12.5. The van der Waals surface area contributed by atoms with Crippen LogP contribution in [0.5, 0.6) is 40.2 Å². The summed E-state index contributed by atoms with van der Waals surface area (Å²) >= 11 is 0. The van der Waals surface area contributed by atoms with Crippen molar-refractivity contribution in [3.8, 4) is 40.2 Å². The van der Waals surface area contributed by atoms with Crippen LogP contribution in [0.1, 0.15) is 27.0 Å². The molecule has 0 aliphatic carbocycles. The molecule has 9 heteroatoms. The van der Waals surface area contributed by atoms with E-state index in [1.54, 1.807) is 45.6 Å². The van der Waals surface area contributed by atoms with Gasteiger partial charge in [-0.15, -0.1) is 0 Å². The van der Waals surface area contributed by atoms with Gasteiger partial charge in [0.15, 0.2) is 28.8 Å². The Labute approximate surface area is 227 Å². The number of hydrogen-bond donors (Lipinski definition) is 0. The van der Waals surface area contributed by atoms with Crippen molar-refractivity contribution in [2.45, 2.75) is 13.0 Å². The Morgan fingerprint density at radius 3 is 2.31 bits per heavy atom. The van der Waals surface area contributed by atoms with Crippen LogP contribution in [0.3, 0.4) is 0 Å². The van der Waals surface area contributed by atoms with Crippen LogP contribution in [-0.4, -0.2) is 59.5 Å². The Morgan fingerprint density at radius 1 is 0.846 bits per heavy atom. The fourth-order valence-electron chi connectivity index (χ4n) is 4.85. The average molecular weight is 534 g/mol. The quantitative estimate of drug-likeness (QED) is 0.362. The van der Waals surface area contributed by atoms with Crippen LogP contribution in [-0.2, 0) is 13.0 Å². The lowest BCUT2D eigenvalue weighted by atomic mass is 10.0. The first-order chi connectivity index (χ1) is 19.0. The number of hydrogen-bond acceptors (Lipinski definition) is 9. The number of nitrogens with zero attached hydrogens (tertiary/aromatic N) is 1. The lowest BCUT2D eigenvalue weighted by Gasteiger charge is -2.29. The molecule has 204 valence electrons. The van der Waals surface area contributed by atoms with Crippen LogP contribution in [0.25, 0.3) is 6.08 Å². The summed E-state index contributed by atoms with van der Waals surface area (Å²) in [5, 5.41) is 0. The van der Waals surface area contributed by atoms with E-state index in [0.29, 0.717) is 64.6 Å². The monoisotopic (exact) mass is 533 g/mol. The highest BCUT2D eigenvalue weighted by atomic mass is 16.5. The van der Waals surface area contributed by atoms with Crippen LogP contribution >= 0.6 is 0 Å². The van der Waals surface area contributed by atoms with Gasteiger partial charge in [-0.3, -0.25) is 9.69 Å². The van der Waals surface area contributed by atoms with Crippen LogP contribution in [0.4, 0.5) is 0 Å². The molecule has 0 bridgehead atoms. The number of methoxy groups -OCH3 is 5. The average Bonchev–Trinajstić information content (AvgIpc) is 3.30. The summed E-state index contributed by atoms with van der Waals surface area (Å²) in [5.74, 6) is 4.05. The van der Waals surface area contributed by atoms with Crippen molar-refractivity contribution < 1.29 is 38.0 Å². The smallest absolute Gasteiger partial charge is 0.231 e. The molecule has 2 aliphatic heterocycles. The molecule has 0 amide bonds. The molecule has 0 saturated carbocycles. The Bertz CT molecular complexity index is 1430. The molecule has 3 aromatic carbocycles. The van der Waals surface area contributed by atoms with Gasteiger partial charge in [0, 0.05) is 18.7 Å². The van der Waals surface area contributed by atoms with Crippen LogP contribution in [0, 0.1) is 0 Å². The predicted molar refractivity (Wildman–Crippen MR) is 145 cm³/mol. The molecule has 0 atom stereocenters. The zero-order chi connectivity index (χ0) is 27.5. The third-order valence-corrected chi connectivity index (χ3v) is 6.87. The standard InChI is InChI=1S/C30H31NO8/c1-33-23-9-6-18(14-25(23)35-3)12-13-31-16-21-22(38-17-31)11-8-20-27(32)26(39-29(20)21)15-19-7-10-24(34-2)30(37-5)28(19)36-4/h6-11,14-15H,12-13,16-17H2,1-5H3/b26-15-. The molecular weight excluding hydrogens is 502 g/mol. The van der Waals surface area contributed by atoms with E-state index in [9.17, 15) is 4.79 Å². The highest BCUT2D eigenvalue weighted by Crippen LogP contribution is 2.44. The van der Waals surface area contributed by atoms with E-state index in [1.807, 2.05) is 24.3 Å².